The third-order valence-corrected chi connectivity index (χ3v) is 4.62. The molecule has 1 N–H and O–H groups in total. The number of nitrogens with one attached hydrogen (secondary N) is 1. The standard InChI is InChI=1S/C17H32N4/c1-6-15-10-8-7-9-11-21(15)17-16(12-18-13(2)3)14(4)19-20(17)5/h13,15,18H,6-12H2,1-5H3. The molecule has 0 amide bonds. The Balaban J connectivity index is 2.31. The van der Waals surface area contributed by atoms with Crippen molar-refractivity contribution in [3.05, 3.63) is 11.3 Å². The first-order chi connectivity index (χ1) is 10.0. The first-order valence-electron chi connectivity index (χ1n) is 8.57. The van der Waals surface area contributed by atoms with Crippen LogP contribution in [0, 0.1) is 6.92 Å². The van der Waals surface area contributed by atoms with Crippen LogP contribution in [0.25, 0.3) is 0 Å². The molecule has 4 heteroatoms. The van der Waals surface area contributed by atoms with Gasteiger partial charge < -0.3 is 10.2 Å². The van der Waals surface area contributed by atoms with E-state index in [2.05, 4.69) is 49.6 Å². The minimum atomic E-state index is 0.503. The number of hydrogen-bond donors (Lipinski definition) is 1. The first-order valence-corrected chi connectivity index (χ1v) is 8.57. The fraction of sp³-hybridized carbons (Fsp3) is 0.824. The van der Waals surface area contributed by atoms with E-state index in [-0.39, 0.29) is 0 Å². The van der Waals surface area contributed by atoms with E-state index in [1.807, 2.05) is 0 Å². The molecular weight excluding hydrogens is 260 g/mol. The lowest BCUT2D eigenvalue weighted by Gasteiger charge is -2.32. The predicted octanol–water partition coefficient (Wildman–Crippen LogP) is 3.39. The van der Waals surface area contributed by atoms with Gasteiger partial charge in [-0.25, -0.2) is 0 Å². The molecular formula is C17H32N4. The van der Waals surface area contributed by atoms with Gasteiger partial charge in [-0.3, -0.25) is 4.68 Å². The third-order valence-electron chi connectivity index (χ3n) is 4.62. The molecule has 0 aliphatic carbocycles. The lowest BCUT2D eigenvalue weighted by molar-refractivity contribution is 0.536. The van der Waals surface area contributed by atoms with Crippen LogP contribution in [-0.2, 0) is 13.6 Å². The molecule has 0 spiro atoms. The Kier molecular flexibility index (Phi) is 5.68. The second kappa shape index (κ2) is 7.30. The van der Waals surface area contributed by atoms with Gasteiger partial charge in [-0.1, -0.05) is 33.6 Å². The zero-order chi connectivity index (χ0) is 15.4. The summed E-state index contributed by atoms with van der Waals surface area (Å²) in [5, 5.41) is 8.26. The van der Waals surface area contributed by atoms with Crippen LogP contribution in [0.15, 0.2) is 0 Å². The summed E-state index contributed by atoms with van der Waals surface area (Å²) in [4.78, 5) is 2.63. The lowest BCUT2D eigenvalue weighted by atomic mass is 10.1. The van der Waals surface area contributed by atoms with Gasteiger partial charge in [-0.2, -0.15) is 5.10 Å². The molecule has 0 radical (unpaired) electrons. The first kappa shape index (κ1) is 16.3. The van der Waals surface area contributed by atoms with Gasteiger partial charge in [0.2, 0.25) is 0 Å². The molecule has 21 heavy (non-hydrogen) atoms. The van der Waals surface area contributed by atoms with Crippen molar-refractivity contribution in [3.8, 4) is 0 Å². The number of aryl methyl sites for hydroxylation is 2. The Morgan fingerprint density at radius 3 is 2.71 bits per heavy atom. The molecule has 2 heterocycles. The minimum Gasteiger partial charge on any atom is -0.354 e. The molecule has 2 rings (SSSR count). The van der Waals surface area contributed by atoms with Crippen LogP contribution in [0.2, 0.25) is 0 Å². The van der Waals surface area contributed by atoms with E-state index in [1.165, 1.54) is 55.7 Å². The SMILES string of the molecule is CCC1CCCCCN1c1c(CNC(C)C)c(C)nn1C. The summed E-state index contributed by atoms with van der Waals surface area (Å²) < 4.78 is 2.10. The number of rotatable bonds is 5. The van der Waals surface area contributed by atoms with E-state index in [4.69, 9.17) is 5.10 Å². The highest BCUT2D eigenvalue weighted by Crippen LogP contribution is 2.30. The normalized spacial score (nSPS) is 20.1. The number of nitrogens with zero attached hydrogens (tertiary/aromatic N) is 3. The maximum Gasteiger partial charge on any atom is 0.131 e. The number of hydrogen-bond acceptors (Lipinski definition) is 3. The summed E-state index contributed by atoms with van der Waals surface area (Å²) in [6, 6.07) is 1.17. The van der Waals surface area contributed by atoms with E-state index in [9.17, 15) is 0 Å². The van der Waals surface area contributed by atoms with Crippen LogP contribution < -0.4 is 10.2 Å². The predicted molar refractivity (Wildman–Crippen MR) is 89.8 cm³/mol. The van der Waals surface area contributed by atoms with Crippen LogP contribution in [0.5, 0.6) is 0 Å². The molecule has 0 aromatic carbocycles. The second-order valence-electron chi connectivity index (χ2n) is 6.65. The molecule has 1 aliphatic heterocycles. The minimum absolute atomic E-state index is 0.503. The zero-order valence-corrected chi connectivity index (χ0v) is 14.4. The Morgan fingerprint density at radius 1 is 1.29 bits per heavy atom. The topological polar surface area (TPSA) is 33.1 Å². The van der Waals surface area contributed by atoms with Crippen molar-refractivity contribution in [2.45, 2.75) is 78.4 Å². The van der Waals surface area contributed by atoms with Gasteiger partial charge in [0.05, 0.1) is 5.69 Å². The van der Waals surface area contributed by atoms with Crippen molar-refractivity contribution >= 4 is 5.82 Å². The Morgan fingerprint density at radius 2 is 2.05 bits per heavy atom. The molecule has 0 bridgehead atoms. The third kappa shape index (κ3) is 3.79. The van der Waals surface area contributed by atoms with Crippen molar-refractivity contribution in [1.29, 1.82) is 0 Å². The van der Waals surface area contributed by atoms with E-state index in [0.29, 0.717) is 12.1 Å². The highest BCUT2D eigenvalue weighted by atomic mass is 15.4. The molecule has 1 aromatic heterocycles. The van der Waals surface area contributed by atoms with Crippen molar-refractivity contribution in [2.75, 3.05) is 11.4 Å². The quantitative estimate of drug-likeness (QED) is 0.903. The maximum atomic E-state index is 4.70. The molecule has 1 saturated heterocycles. The Bertz CT molecular complexity index is 450. The van der Waals surface area contributed by atoms with Crippen molar-refractivity contribution in [2.24, 2.45) is 7.05 Å². The van der Waals surface area contributed by atoms with Gasteiger partial charge in [-0.15, -0.1) is 0 Å². The van der Waals surface area contributed by atoms with E-state index >= 15 is 0 Å². The largest absolute Gasteiger partial charge is 0.354 e. The highest BCUT2D eigenvalue weighted by molar-refractivity contribution is 5.51. The average molecular weight is 292 g/mol. The summed E-state index contributed by atoms with van der Waals surface area (Å²) >= 11 is 0. The average Bonchev–Trinajstić information content (AvgIpc) is 2.62. The fourth-order valence-electron chi connectivity index (χ4n) is 3.44. The van der Waals surface area contributed by atoms with Crippen LogP contribution in [0.1, 0.15) is 64.1 Å². The molecule has 1 atom stereocenters. The van der Waals surface area contributed by atoms with Gasteiger partial charge in [0.25, 0.3) is 0 Å². The lowest BCUT2D eigenvalue weighted by Crippen LogP contribution is -2.37. The van der Waals surface area contributed by atoms with Gasteiger partial charge in [0.1, 0.15) is 5.82 Å². The maximum absolute atomic E-state index is 4.70. The molecule has 1 fully saturated rings. The van der Waals surface area contributed by atoms with Gasteiger partial charge in [0, 0.05) is 37.8 Å². The van der Waals surface area contributed by atoms with Crippen LogP contribution in [0.4, 0.5) is 5.82 Å². The summed E-state index contributed by atoms with van der Waals surface area (Å²) in [7, 11) is 2.10. The number of aromatic nitrogens is 2. The summed E-state index contributed by atoms with van der Waals surface area (Å²) in [6.45, 7) is 10.9. The van der Waals surface area contributed by atoms with Crippen molar-refractivity contribution in [1.82, 2.24) is 15.1 Å². The van der Waals surface area contributed by atoms with E-state index in [1.54, 1.807) is 0 Å². The van der Waals surface area contributed by atoms with Crippen LogP contribution in [-0.4, -0.2) is 28.4 Å². The number of anilines is 1. The Labute approximate surface area is 129 Å². The summed E-state index contributed by atoms with van der Waals surface area (Å²) in [6.07, 6.45) is 6.58. The highest BCUT2D eigenvalue weighted by Gasteiger charge is 2.26. The second-order valence-corrected chi connectivity index (χ2v) is 6.65. The molecule has 1 unspecified atom stereocenters. The van der Waals surface area contributed by atoms with Crippen LogP contribution >= 0.6 is 0 Å². The van der Waals surface area contributed by atoms with Crippen LogP contribution in [0.3, 0.4) is 0 Å². The summed E-state index contributed by atoms with van der Waals surface area (Å²) in [5.74, 6) is 1.34. The van der Waals surface area contributed by atoms with Crippen molar-refractivity contribution < 1.29 is 0 Å². The molecule has 0 saturated carbocycles. The van der Waals surface area contributed by atoms with Gasteiger partial charge in [-0.05, 0) is 26.2 Å². The van der Waals surface area contributed by atoms with E-state index < -0.39 is 0 Å². The monoisotopic (exact) mass is 292 g/mol. The zero-order valence-electron chi connectivity index (χ0n) is 14.4. The fourth-order valence-corrected chi connectivity index (χ4v) is 3.44. The van der Waals surface area contributed by atoms with Gasteiger partial charge >= 0.3 is 0 Å². The molecule has 4 nitrogen and oxygen atoms in total. The molecule has 120 valence electrons. The summed E-state index contributed by atoms with van der Waals surface area (Å²) in [5.41, 5.74) is 2.55. The molecule has 1 aromatic rings. The molecule has 1 aliphatic rings. The van der Waals surface area contributed by atoms with Gasteiger partial charge in [0.15, 0.2) is 0 Å². The Hall–Kier alpha value is -1.03. The van der Waals surface area contributed by atoms with E-state index in [0.717, 1.165) is 6.54 Å². The van der Waals surface area contributed by atoms with Crippen molar-refractivity contribution in [3.63, 3.8) is 0 Å². The smallest absolute Gasteiger partial charge is 0.131 e.